The van der Waals surface area contributed by atoms with Crippen molar-refractivity contribution in [1.29, 1.82) is 0 Å². The number of amides is 1. The third-order valence-corrected chi connectivity index (χ3v) is 3.58. The predicted molar refractivity (Wildman–Crippen MR) is 80.8 cm³/mol. The summed E-state index contributed by atoms with van der Waals surface area (Å²) < 4.78 is 1.99. The zero-order chi connectivity index (χ0) is 14.5. The first-order chi connectivity index (χ1) is 9.65. The first kappa shape index (κ1) is 14.6. The van der Waals surface area contributed by atoms with Gasteiger partial charge in [0.1, 0.15) is 5.65 Å². The molecular formula is C16H23N3O. The Morgan fingerprint density at radius 2 is 2.20 bits per heavy atom. The van der Waals surface area contributed by atoms with E-state index in [2.05, 4.69) is 11.9 Å². The molecule has 0 aliphatic rings. The highest BCUT2D eigenvalue weighted by atomic mass is 16.2. The number of unbranched alkanes of at least 4 members (excludes halogenated alkanes) is 1. The molecule has 2 rings (SSSR count). The Hall–Kier alpha value is -1.84. The quantitative estimate of drug-likeness (QED) is 0.811. The molecule has 2 aromatic heterocycles. The summed E-state index contributed by atoms with van der Waals surface area (Å²) in [5.74, 6) is 0.169. The van der Waals surface area contributed by atoms with E-state index in [9.17, 15) is 4.79 Å². The van der Waals surface area contributed by atoms with Gasteiger partial charge < -0.3 is 9.30 Å². The van der Waals surface area contributed by atoms with Crippen LogP contribution >= 0.6 is 0 Å². The summed E-state index contributed by atoms with van der Waals surface area (Å²) in [7, 11) is 0. The zero-order valence-corrected chi connectivity index (χ0v) is 12.6. The van der Waals surface area contributed by atoms with Crippen molar-refractivity contribution in [2.45, 2.75) is 40.0 Å². The van der Waals surface area contributed by atoms with Crippen molar-refractivity contribution in [3.8, 4) is 0 Å². The van der Waals surface area contributed by atoms with Crippen LogP contribution < -0.4 is 0 Å². The Kier molecular flexibility index (Phi) is 4.77. The van der Waals surface area contributed by atoms with Crippen LogP contribution in [0.25, 0.3) is 5.65 Å². The van der Waals surface area contributed by atoms with Crippen LogP contribution in [0, 0.1) is 6.92 Å². The van der Waals surface area contributed by atoms with Crippen LogP contribution in [-0.4, -0.2) is 33.3 Å². The summed E-state index contributed by atoms with van der Waals surface area (Å²) in [6.45, 7) is 7.82. The molecule has 4 heteroatoms. The molecule has 1 amide bonds. The smallest absolute Gasteiger partial charge is 0.228 e. The minimum absolute atomic E-state index is 0.169. The molecule has 0 spiro atoms. The second kappa shape index (κ2) is 6.55. The van der Waals surface area contributed by atoms with Gasteiger partial charge in [0.05, 0.1) is 12.1 Å². The van der Waals surface area contributed by atoms with E-state index in [0.29, 0.717) is 6.42 Å². The zero-order valence-electron chi connectivity index (χ0n) is 12.6. The minimum atomic E-state index is 0.169. The van der Waals surface area contributed by atoms with Gasteiger partial charge in [0, 0.05) is 25.5 Å². The van der Waals surface area contributed by atoms with Crippen LogP contribution in [0.3, 0.4) is 0 Å². The molecule has 0 saturated heterocycles. The third-order valence-electron chi connectivity index (χ3n) is 3.58. The summed E-state index contributed by atoms with van der Waals surface area (Å²) in [4.78, 5) is 18.8. The summed E-state index contributed by atoms with van der Waals surface area (Å²) in [5, 5.41) is 0. The average molecular weight is 273 g/mol. The van der Waals surface area contributed by atoms with Crippen LogP contribution in [0.2, 0.25) is 0 Å². The first-order valence-corrected chi connectivity index (χ1v) is 7.36. The minimum Gasteiger partial charge on any atom is -0.343 e. The first-order valence-electron chi connectivity index (χ1n) is 7.36. The van der Waals surface area contributed by atoms with Gasteiger partial charge in [-0.2, -0.15) is 0 Å². The molecule has 2 aromatic rings. The number of aromatic nitrogens is 2. The highest BCUT2D eigenvalue weighted by Crippen LogP contribution is 2.11. The fourth-order valence-electron chi connectivity index (χ4n) is 2.36. The molecular weight excluding hydrogens is 250 g/mol. The number of rotatable bonds is 6. The molecule has 108 valence electrons. The van der Waals surface area contributed by atoms with Crippen molar-refractivity contribution in [2.75, 3.05) is 13.1 Å². The van der Waals surface area contributed by atoms with Crippen LogP contribution in [0.15, 0.2) is 24.5 Å². The molecule has 0 saturated carbocycles. The number of hydrogen-bond acceptors (Lipinski definition) is 2. The van der Waals surface area contributed by atoms with E-state index in [1.54, 1.807) is 0 Å². The predicted octanol–water partition coefficient (Wildman–Crippen LogP) is 2.83. The number of fused-ring (bicyclic) bond motifs is 1. The van der Waals surface area contributed by atoms with Crippen LogP contribution in [0.1, 0.15) is 37.9 Å². The van der Waals surface area contributed by atoms with Gasteiger partial charge in [-0.05, 0) is 31.9 Å². The third kappa shape index (κ3) is 3.18. The Bertz CT molecular complexity index is 588. The Morgan fingerprint density at radius 3 is 2.85 bits per heavy atom. The van der Waals surface area contributed by atoms with Crippen LogP contribution in [0.5, 0.6) is 0 Å². The van der Waals surface area contributed by atoms with Gasteiger partial charge in [-0.25, -0.2) is 4.98 Å². The van der Waals surface area contributed by atoms with Gasteiger partial charge in [-0.1, -0.05) is 19.4 Å². The topological polar surface area (TPSA) is 37.6 Å². The number of likely N-dealkylation sites (N-methyl/N-ethyl adjacent to an activating group) is 1. The number of imidazole rings is 1. The van der Waals surface area contributed by atoms with Crippen molar-refractivity contribution in [3.05, 3.63) is 35.8 Å². The van der Waals surface area contributed by atoms with E-state index < -0.39 is 0 Å². The van der Waals surface area contributed by atoms with E-state index in [1.807, 2.05) is 47.7 Å². The summed E-state index contributed by atoms with van der Waals surface area (Å²) in [6.07, 6.45) is 6.48. The number of hydrogen-bond donors (Lipinski definition) is 0. The average Bonchev–Trinajstić information content (AvgIpc) is 2.83. The molecule has 0 unspecified atom stereocenters. The molecule has 2 heterocycles. The van der Waals surface area contributed by atoms with E-state index in [1.165, 1.54) is 0 Å². The highest BCUT2D eigenvalue weighted by molar-refractivity contribution is 5.78. The fourth-order valence-corrected chi connectivity index (χ4v) is 2.36. The second-order valence-corrected chi connectivity index (χ2v) is 5.16. The number of carbonyl (C=O) groups is 1. The lowest BCUT2D eigenvalue weighted by Crippen LogP contribution is -2.33. The molecule has 0 radical (unpaired) electrons. The monoisotopic (exact) mass is 273 g/mol. The molecule has 0 bridgehead atoms. The normalized spacial score (nSPS) is 10.9. The van der Waals surface area contributed by atoms with Crippen LogP contribution in [0.4, 0.5) is 0 Å². The maximum atomic E-state index is 12.3. The molecule has 0 aromatic carbocycles. The van der Waals surface area contributed by atoms with E-state index in [4.69, 9.17) is 0 Å². The van der Waals surface area contributed by atoms with Crippen molar-refractivity contribution < 1.29 is 4.79 Å². The number of nitrogens with zero attached hydrogens (tertiary/aromatic N) is 3. The van der Waals surface area contributed by atoms with Crippen molar-refractivity contribution in [3.63, 3.8) is 0 Å². The Labute approximate surface area is 120 Å². The maximum absolute atomic E-state index is 12.3. The molecule has 0 N–H and O–H groups in total. The number of pyridine rings is 1. The largest absolute Gasteiger partial charge is 0.343 e. The van der Waals surface area contributed by atoms with Crippen molar-refractivity contribution >= 4 is 11.6 Å². The van der Waals surface area contributed by atoms with Gasteiger partial charge in [0.25, 0.3) is 0 Å². The molecule has 0 aliphatic heterocycles. The molecule has 0 fully saturated rings. The van der Waals surface area contributed by atoms with Gasteiger partial charge in [0.2, 0.25) is 5.91 Å². The lowest BCUT2D eigenvalue weighted by Gasteiger charge is -2.19. The molecule has 4 nitrogen and oxygen atoms in total. The fraction of sp³-hybridized carbons (Fsp3) is 0.500. The van der Waals surface area contributed by atoms with Gasteiger partial charge in [-0.15, -0.1) is 0 Å². The SMILES string of the molecule is CCCCN(CC)C(=O)Cc1cn2cccc(C)c2n1. The Morgan fingerprint density at radius 1 is 1.40 bits per heavy atom. The molecule has 20 heavy (non-hydrogen) atoms. The van der Waals surface area contributed by atoms with E-state index in [0.717, 1.165) is 42.8 Å². The number of aryl methyl sites for hydroxylation is 1. The van der Waals surface area contributed by atoms with Gasteiger partial charge in [-0.3, -0.25) is 4.79 Å². The summed E-state index contributed by atoms with van der Waals surface area (Å²) in [6, 6.07) is 4.03. The van der Waals surface area contributed by atoms with Crippen LogP contribution in [-0.2, 0) is 11.2 Å². The van der Waals surface area contributed by atoms with E-state index in [-0.39, 0.29) is 5.91 Å². The lowest BCUT2D eigenvalue weighted by atomic mass is 10.2. The standard InChI is InChI=1S/C16H23N3O/c1-4-6-9-18(5-2)15(20)11-14-12-19-10-7-8-13(3)16(19)17-14/h7-8,10,12H,4-6,9,11H2,1-3H3. The van der Waals surface area contributed by atoms with Gasteiger partial charge in [0.15, 0.2) is 0 Å². The number of carbonyl (C=O) groups excluding carboxylic acids is 1. The summed E-state index contributed by atoms with van der Waals surface area (Å²) in [5.41, 5.74) is 2.91. The molecule has 0 atom stereocenters. The highest BCUT2D eigenvalue weighted by Gasteiger charge is 2.14. The Balaban J connectivity index is 2.10. The second-order valence-electron chi connectivity index (χ2n) is 5.16. The maximum Gasteiger partial charge on any atom is 0.228 e. The van der Waals surface area contributed by atoms with Crippen molar-refractivity contribution in [1.82, 2.24) is 14.3 Å². The van der Waals surface area contributed by atoms with Gasteiger partial charge >= 0.3 is 0 Å². The van der Waals surface area contributed by atoms with Crippen molar-refractivity contribution in [2.24, 2.45) is 0 Å². The lowest BCUT2D eigenvalue weighted by molar-refractivity contribution is -0.130. The van der Waals surface area contributed by atoms with E-state index >= 15 is 0 Å². The molecule has 0 aliphatic carbocycles. The summed E-state index contributed by atoms with van der Waals surface area (Å²) >= 11 is 0.